The van der Waals surface area contributed by atoms with E-state index in [9.17, 15) is 4.79 Å². The van der Waals surface area contributed by atoms with Crippen LogP contribution in [0.4, 0.5) is 0 Å². The maximum Gasteiger partial charge on any atom is 0.256 e. The Balaban J connectivity index is 1.72. The number of fused-ring (bicyclic) bond motifs is 1. The van der Waals surface area contributed by atoms with Gasteiger partial charge in [0.25, 0.3) is 5.91 Å². The number of nitrogens with zero attached hydrogens (tertiary/aromatic N) is 4. The summed E-state index contributed by atoms with van der Waals surface area (Å²) in [6.45, 7) is 5.67. The van der Waals surface area contributed by atoms with E-state index in [1.165, 1.54) is 0 Å². The molecule has 0 bridgehead atoms. The molecule has 1 saturated heterocycles. The Bertz CT molecular complexity index is 913. The Hall–Kier alpha value is -2.69. The highest BCUT2D eigenvalue weighted by Gasteiger charge is 2.34. The zero-order valence-corrected chi connectivity index (χ0v) is 14.6. The monoisotopic (exact) mass is 334 g/mol. The molecule has 0 spiro atoms. The third-order valence-corrected chi connectivity index (χ3v) is 4.97. The molecule has 5 heteroatoms. The van der Waals surface area contributed by atoms with Crippen LogP contribution in [0.3, 0.4) is 0 Å². The fourth-order valence-electron chi connectivity index (χ4n) is 3.72. The molecule has 128 valence electrons. The van der Waals surface area contributed by atoms with Gasteiger partial charge in [0.2, 0.25) is 0 Å². The van der Waals surface area contributed by atoms with E-state index in [1.54, 1.807) is 6.20 Å². The first kappa shape index (κ1) is 15.8. The zero-order chi connectivity index (χ0) is 17.4. The van der Waals surface area contributed by atoms with E-state index in [2.05, 4.69) is 22.5 Å². The van der Waals surface area contributed by atoms with Gasteiger partial charge in [-0.3, -0.25) is 9.78 Å². The summed E-state index contributed by atoms with van der Waals surface area (Å²) >= 11 is 0. The van der Waals surface area contributed by atoms with Gasteiger partial charge in [-0.2, -0.15) is 0 Å². The number of hydrogen-bond donors (Lipinski definition) is 0. The molecule has 3 aromatic rings. The van der Waals surface area contributed by atoms with Crippen LogP contribution in [0.1, 0.15) is 47.7 Å². The van der Waals surface area contributed by atoms with Gasteiger partial charge < -0.3 is 9.47 Å². The van der Waals surface area contributed by atoms with Crippen molar-refractivity contribution >= 4 is 16.9 Å². The molecule has 0 N–H and O–H groups in total. The summed E-state index contributed by atoms with van der Waals surface area (Å²) in [4.78, 5) is 24.1. The Labute approximate surface area is 147 Å². The Morgan fingerprint density at radius 3 is 2.84 bits per heavy atom. The summed E-state index contributed by atoms with van der Waals surface area (Å²) in [5, 5.41) is 0. The van der Waals surface area contributed by atoms with Gasteiger partial charge in [-0.15, -0.1) is 0 Å². The molecular formula is C20H22N4O. The Morgan fingerprint density at radius 2 is 2.08 bits per heavy atom. The first-order valence-corrected chi connectivity index (χ1v) is 8.88. The van der Waals surface area contributed by atoms with Crippen LogP contribution in [-0.4, -0.2) is 31.9 Å². The fraction of sp³-hybridized carbons (Fsp3) is 0.350. The second kappa shape index (κ2) is 6.31. The topological polar surface area (TPSA) is 51.0 Å². The summed E-state index contributed by atoms with van der Waals surface area (Å²) in [5.41, 5.74) is 3.70. The molecule has 1 unspecified atom stereocenters. The molecule has 0 saturated carbocycles. The number of benzene rings is 1. The van der Waals surface area contributed by atoms with E-state index in [4.69, 9.17) is 4.98 Å². The lowest BCUT2D eigenvalue weighted by molar-refractivity contribution is 0.0727. The molecule has 1 fully saturated rings. The van der Waals surface area contributed by atoms with E-state index >= 15 is 0 Å². The summed E-state index contributed by atoms with van der Waals surface area (Å²) in [5.74, 6) is 1.04. The van der Waals surface area contributed by atoms with E-state index in [-0.39, 0.29) is 11.9 Å². The molecule has 0 aliphatic carbocycles. The largest absolute Gasteiger partial charge is 0.328 e. The van der Waals surface area contributed by atoms with Crippen LogP contribution in [-0.2, 0) is 6.54 Å². The first-order chi connectivity index (χ1) is 12.2. The maximum atomic E-state index is 13.0. The van der Waals surface area contributed by atoms with Crippen LogP contribution in [0.5, 0.6) is 0 Å². The van der Waals surface area contributed by atoms with E-state index in [1.807, 2.05) is 42.2 Å². The van der Waals surface area contributed by atoms with Gasteiger partial charge >= 0.3 is 0 Å². The minimum Gasteiger partial charge on any atom is -0.328 e. The summed E-state index contributed by atoms with van der Waals surface area (Å²) in [7, 11) is 0. The molecular weight excluding hydrogens is 312 g/mol. The van der Waals surface area contributed by atoms with E-state index < -0.39 is 0 Å². The molecule has 0 radical (unpaired) electrons. The first-order valence-electron chi connectivity index (χ1n) is 8.88. The quantitative estimate of drug-likeness (QED) is 0.733. The van der Waals surface area contributed by atoms with Gasteiger partial charge in [0.1, 0.15) is 5.82 Å². The molecule has 4 rings (SSSR count). The number of para-hydroxylation sites is 2. The fourth-order valence-corrected chi connectivity index (χ4v) is 3.72. The van der Waals surface area contributed by atoms with Crippen molar-refractivity contribution in [2.75, 3.05) is 6.54 Å². The molecule has 1 amide bonds. The number of carbonyl (C=O) groups excluding carboxylic acids is 1. The van der Waals surface area contributed by atoms with Crippen LogP contribution in [0.25, 0.3) is 11.0 Å². The van der Waals surface area contributed by atoms with Gasteiger partial charge in [0, 0.05) is 25.0 Å². The average Bonchev–Trinajstić information content (AvgIpc) is 3.25. The lowest BCUT2D eigenvalue weighted by Gasteiger charge is -2.25. The van der Waals surface area contributed by atoms with Crippen molar-refractivity contribution in [1.29, 1.82) is 0 Å². The lowest BCUT2D eigenvalue weighted by Crippen LogP contribution is -2.32. The number of amides is 1. The third-order valence-electron chi connectivity index (χ3n) is 4.97. The number of pyridine rings is 1. The number of imidazole rings is 1. The minimum absolute atomic E-state index is 0.0288. The van der Waals surface area contributed by atoms with Crippen LogP contribution >= 0.6 is 0 Å². The highest BCUT2D eigenvalue weighted by Crippen LogP contribution is 2.34. The summed E-state index contributed by atoms with van der Waals surface area (Å²) < 4.78 is 2.24. The van der Waals surface area contributed by atoms with Crippen LogP contribution in [0, 0.1) is 6.92 Å². The normalized spacial score (nSPS) is 17.4. The van der Waals surface area contributed by atoms with Crippen molar-refractivity contribution in [3.05, 3.63) is 59.7 Å². The van der Waals surface area contributed by atoms with Gasteiger partial charge in [0.15, 0.2) is 0 Å². The van der Waals surface area contributed by atoms with Crippen molar-refractivity contribution in [2.24, 2.45) is 0 Å². The third kappa shape index (κ3) is 2.69. The average molecular weight is 334 g/mol. The molecule has 1 aromatic carbocycles. The molecule has 25 heavy (non-hydrogen) atoms. The van der Waals surface area contributed by atoms with Crippen LogP contribution < -0.4 is 0 Å². The van der Waals surface area contributed by atoms with Gasteiger partial charge in [-0.1, -0.05) is 12.1 Å². The number of rotatable bonds is 3. The second-order valence-corrected chi connectivity index (χ2v) is 6.55. The molecule has 2 aromatic heterocycles. The van der Waals surface area contributed by atoms with Crippen molar-refractivity contribution in [1.82, 2.24) is 19.4 Å². The van der Waals surface area contributed by atoms with Gasteiger partial charge in [-0.25, -0.2) is 4.98 Å². The minimum atomic E-state index is 0.0288. The highest BCUT2D eigenvalue weighted by atomic mass is 16.2. The number of carbonyl (C=O) groups is 1. The number of likely N-dealkylation sites (tertiary alicyclic amines) is 1. The maximum absolute atomic E-state index is 13.0. The number of aryl methyl sites for hydroxylation is 2. The summed E-state index contributed by atoms with van der Waals surface area (Å²) in [6, 6.07) is 12.0. The Morgan fingerprint density at radius 1 is 1.24 bits per heavy atom. The highest BCUT2D eigenvalue weighted by molar-refractivity contribution is 5.94. The molecule has 1 aliphatic rings. The molecule has 3 heterocycles. The van der Waals surface area contributed by atoms with Crippen molar-refractivity contribution in [3.63, 3.8) is 0 Å². The van der Waals surface area contributed by atoms with E-state index in [0.29, 0.717) is 5.56 Å². The van der Waals surface area contributed by atoms with Crippen molar-refractivity contribution < 1.29 is 4.79 Å². The molecule has 1 atom stereocenters. The molecule has 5 nitrogen and oxygen atoms in total. The predicted molar refractivity (Wildman–Crippen MR) is 97.4 cm³/mol. The van der Waals surface area contributed by atoms with Crippen molar-refractivity contribution in [3.8, 4) is 0 Å². The van der Waals surface area contributed by atoms with Crippen molar-refractivity contribution in [2.45, 2.75) is 39.3 Å². The standard InChI is InChI=1S/C20H22N4O/c1-3-23-17-8-5-4-7-16(17)22-19(23)18-9-6-12-24(18)20(25)15-11-10-14(2)21-13-15/h4-5,7-8,10-11,13,18H,3,6,9,12H2,1-2H3. The zero-order valence-electron chi connectivity index (χ0n) is 14.6. The lowest BCUT2D eigenvalue weighted by atomic mass is 10.1. The SMILES string of the molecule is CCn1c(C2CCCN2C(=O)c2ccc(C)nc2)nc2ccccc21. The summed E-state index contributed by atoms with van der Waals surface area (Å²) in [6.07, 6.45) is 3.63. The van der Waals surface area contributed by atoms with Crippen LogP contribution in [0.15, 0.2) is 42.6 Å². The predicted octanol–water partition coefficient (Wildman–Crippen LogP) is 3.74. The Kier molecular flexibility index (Phi) is 3.99. The van der Waals surface area contributed by atoms with E-state index in [0.717, 1.165) is 48.5 Å². The van der Waals surface area contributed by atoms with Gasteiger partial charge in [0.05, 0.1) is 22.6 Å². The van der Waals surface area contributed by atoms with Gasteiger partial charge in [-0.05, 0) is 51.0 Å². The molecule has 1 aliphatic heterocycles. The smallest absolute Gasteiger partial charge is 0.256 e. The van der Waals surface area contributed by atoms with Crippen LogP contribution in [0.2, 0.25) is 0 Å². The number of hydrogen-bond acceptors (Lipinski definition) is 3. The second-order valence-electron chi connectivity index (χ2n) is 6.55. The number of aromatic nitrogens is 3.